The third kappa shape index (κ3) is 4.32. The number of nitriles is 1. The van der Waals surface area contributed by atoms with Gasteiger partial charge in [-0.2, -0.15) is 5.26 Å². The SMILES string of the molecule is N#Cc1c(-c2ccccc2)nc(-c2ccccc2)nc1-c1cccc2oc3ccc(-n4c5ccccc5c5c6oc7ccccc7c6ccc54)cc3c12. The maximum atomic E-state index is 10.7. The van der Waals surface area contributed by atoms with Crippen LogP contribution < -0.4 is 0 Å². The average molecular weight is 679 g/mol. The van der Waals surface area contributed by atoms with E-state index >= 15 is 0 Å². The second-order valence-corrected chi connectivity index (χ2v) is 13.2. The molecule has 53 heavy (non-hydrogen) atoms. The van der Waals surface area contributed by atoms with Crippen molar-refractivity contribution in [3.8, 4) is 45.7 Å². The molecular formula is C47H26N4O2. The molecule has 0 aliphatic heterocycles. The van der Waals surface area contributed by atoms with Crippen molar-refractivity contribution < 1.29 is 8.83 Å². The molecule has 0 bridgehead atoms. The van der Waals surface area contributed by atoms with E-state index in [9.17, 15) is 5.26 Å². The van der Waals surface area contributed by atoms with Crippen LogP contribution in [0.15, 0.2) is 167 Å². The molecule has 0 spiro atoms. The van der Waals surface area contributed by atoms with Gasteiger partial charge in [-0.15, -0.1) is 0 Å². The summed E-state index contributed by atoms with van der Waals surface area (Å²) in [6, 6.07) is 55.5. The fourth-order valence-corrected chi connectivity index (χ4v) is 7.95. The summed E-state index contributed by atoms with van der Waals surface area (Å²) in [4.78, 5) is 10.1. The molecule has 0 saturated heterocycles. The monoisotopic (exact) mass is 678 g/mol. The first-order valence-corrected chi connectivity index (χ1v) is 17.5. The summed E-state index contributed by atoms with van der Waals surface area (Å²) in [5, 5.41) is 17.0. The van der Waals surface area contributed by atoms with E-state index in [0.29, 0.717) is 28.4 Å². The number of hydrogen-bond acceptors (Lipinski definition) is 5. The first-order valence-electron chi connectivity index (χ1n) is 17.5. The smallest absolute Gasteiger partial charge is 0.160 e. The Bertz CT molecular complexity index is 3290. The number of nitrogens with zero attached hydrogens (tertiary/aromatic N) is 4. The molecule has 0 fully saturated rings. The van der Waals surface area contributed by atoms with Gasteiger partial charge < -0.3 is 13.4 Å². The number of benzene rings is 7. The van der Waals surface area contributed by atoms with Gasteiger partial charge in [0, 0.05) is 49.3 Å². The minimum Gasteiger partial charge on any atom is -0.456 e. The summed E-state index contributed by atoms with van der Waals surface area (Å²) in [6.07, 6.45) is 0. The van der Waals surface area contributed by atoms with Gasteiger partial charge in [0.2, 0.25) is 0 Å². The molecule has 4 heterocycles. The van der Waals surface area contributed by atoms with Crippen molar-refractivity contribution in [3.05, 3.63) is 163 Å². The van der Waals surface area contributed by atoms with Crippen molar-refractivity contribution in [1.82, 2.24) is 14.5 Å². The largest absolute Gasteiger partial charge is 0.456 e. The number of hydrogen-bond donors (Lipinski definition) is 0. The Labute approximate surface area is 302 Å². The zero-order chi connectivity index (χ0) is 35.0. The maximum absolute atomic E-state index is 10.7. The van der Waals surface area contributed by atoms with E-state index in [4.69, 9.17) is 18.8 Å². The summed E-state index contributed by atoms with van der Waals surface area (Å²) < 4.78 is 15.3. The number of furan rings is 2. The molecule has 7 aromatic carbocycles. The molecule has 11 aromatic rings. The molecule has 0 aliphatic rings. The average Bonchev–Trinajstić information content (AvgIpc) is 3.90. The number of aromatic nitrogens is 3. The van der Waals surface area contributed by atoms with Gasteiger partial charge in [-0.1, -0.05) is 109 Å². The lowest BCUT2D eigenvalue weighted by Crippen LogP contribution is -2.01. The molecule has 6 nitrogen and oxygen atoms in total. The van der Waals surface area contributed by atoms with Gasteiger partial charge in [-0.3, -0.25) is 0 Å². The number of fused-ring (bicyclic) bond motifs is 10. The quantitative estimate of drug-likeness (QED) is 0.185. The van der Waals surface area contributed by atoms with Crippen molar-refractivity contribution in [2.75, 3.05) is 0 Å². The molecule has 4 aromatic heterocycles. The van der Waals surface area contributed by atoms with E-state index in [0.717, 1.165) is 82.5 Å². The molecule has 0 unspecified atom stereocenters. The summed E-state index contributed by atoms with van der Waals surface area (Å²) in [5.74, 6) is 0.547. The zero-order valence-electron chi connectivity index (χ0n) is 28.1. The first kappa shape index (κ1) is 29.3. The third-order valence-corrected chi connectivity index (χ3v) is 10.3. The van der Waals surface area contributed by atoms with Crippen LogP contribution in [-0.4, -0.2) is 14.5 Å². The molecule has 0 atom stereocenters. The highest BCUT2D eigenvalue weighted by Gasteiger charge is 2.23. The lowest BCUT2D eigenvalue weighted by Gasteiger charge is -2.13. The maximum Gasteiger partial charge on any atom is 0.160 e. The Kier molecular flexibility index (Phi) is 6.22. The minimum absolute atomic E-state index is 0.408. The van der Waals surface area contributed by atoms with E-state index in [1.165, 1.54) is 0 Å². The highest BCUT2D eigenvalue weighted by molar-refractivity contribution is 6.24. The van der Waals surface area contributed by atoms with Crippen LogP contribution in [0.5, 0.6) is 0 Å². The summed E-state index contributed by atoms with van der Waals surface area (Å²) in [5.41, 5.74) is 10.4. The van der Waals surface area contributed by atoms with Gasteiger partial charge in [-0.25, -0.2) is 9.97 Å². The van der Waals surface area contributed by atoms with Crippen molar-refractivity contribution in [2.24, 2.45) is 0 Å². The molecule has 6 heteroatoms. The molecule has 0 aliphatic carbocycles. The highest BCUT2D eigenvalue weighted by Crippen LogP contribution is 2.43. The van der Waals surface area contributed by atoms with Gasteiger partial charge in [0.05, 0.1) is 27.8 Å². The summed E-state index contributed by atoms with van der Waals surface area (Å²) >= 11 is 0. The van der Waals surface area contributed by atoms with E-state index < -0.39 is 0 Å². The van der Waals surface area contributed by atoms with Crippen LogP contribution in [0.1, 0.15) is 5.56 Å². The molecule has 0 radical (unpaired) electrons. The number of para-hydroxylation sites is 2. The predicted molar refractivity (Wildman–Crippen MR) is 212 cm³/mol. The Morgan fingerprint density at radius 2 is 1.19 bits per heavy atom. The van der Waals surface area contributed by atoms with Crippen LogP contribution in [0.2, 0.25) is 0 Å². The predicted octanol–water partition coefficient (Wildman–Crippen LogP) is 12.2. The second-order valence-electron chi connectivity index (χ2n) is 13.2. The van der Waals surface area contributed by atoms with Crippen molar-refractivity contribution >= 4 is 65.7 Å². The summed E-state index contributed by atoms with van der Waals surface area (Å²) in [7, 11) is 0. The van der Waals surface area contributed by atoms with E-state index in [2.05, 4.69) is 71.3 Å². The van der Waals surface area contributed by atoms with Crippen LogP contribution in [0.25, 0.3) is 105 Å². The molecule has 0 amide bonds. The van der Waals surface area contributed by atoms with Gasteiger partial charge in [0.25, 0.3) is 0 Å². The van der Waals surface area contributed by atoms with Crippen molar-refractivity contribution in [2.45, 2.75) is 0 Å². The lowest BCUT2D eigenvalue weighted by molar-refractivity contribution is 0.669. The van der Waals surface area contributed by atoms with E-state index in [1.807, 2.05) is 97.1 Å². The lowest BCUT2D eigenvalue weighted by atomic mass is 9.97. The van der Waals surface area contributed by atoms with Crippen LogP contribution in [0.3, 0.4) is 0 Å². The van der Waals surface area contributed by atoms with Gasteiger partial charge in [0.15, 0.2) is 5.82 Å². The number of rotatable bonds is 4. The molecule has 0 saturated carbocycles. The van der Waals surface area contributed by atoms with Gasteiger partial charge >= 0.3 is 0 Å². The van der Waals surface area contributed by atoms with Crippen LogP contribution in [-0.2, 0) is 0 Å². The Hall–Kier alpha value is -7.49. The summed E-state index contributed by atoms with van der Waals surface area (Å²) in [6.45, 7) is 0. The van der Waals surface area contributed by atoms with E-state index in [-0.39, 0.29) is 0 Å². The Balaban J connectivity index is 1.19. The van der Waals surface area contributed by atoms with E-state index in [1.54, 1.807) is 0 Å². The topological polar surface area (TPSA) is 80.8 Å². The highest BCUT2D eigenvalue weighted by atomic mass is 16.3. The van der Waals surface area contributed by atoms with Gasteiger partial charge in [-0.05, 0) is 48.5 Å². The van der Waals surface area contributed by atoms with Crippen molar-refractivity contribution in [1.29, 1.82) is 5.26 Å². The van der Waals surface area contributed by atoms with Crippen molar-refractivity contribution in [3.63, 3.8) is 0 Å². The molecule has 11 rings (SSSR count). The first-order chi connectivity index (χ1) is 26.2. The Morgan fingerprint density at radius 1 is 0.491 bits per heavy atom. The minimum atomic E-state index is 0.408. The van der Waals surface area contributed by atoms with Crippen LogP contribution in [0, 0.1) is 11.3 Å². The fraction of sp³-hybridized carbons (Fsp3) is 0. The molecule has 246 valence electrons. The molecular weight excluding hydrogens is 653 g/mol. The normalized spacial score (nSPS) is 11.8. The third-order valence-electron chi connectivity index (χ3n) is 10.3. The zero-order valence-corrected chi connectivity index (χ0v) is 28.1. The van der Waals surface area contributed by atoms with Crippen LogP contribution in [0.4, 0.5) is 0 Å². The standard InChI is InChI=1S/C47H26N4O2/c48-27-36-44(28-12-3-1-4-13-28)49-47(29-14-5-2-6-15-29)50-45(36)34-18-11-21-41-42(34)35-26-30(22-25-40(35)52-41)51-37-19-9-7-17-33(37)43-38(51)24-23-32-31-16-8-10-20-39(31)53-46(32)43/h1-26H. The van der Waals surface area contributed by atoms with Crippen LogP contribution >= 0.6 is 0 Å². The Morgan fingerprint density at radius 3 is 2.02 bits per heavy atom. The molecule has 0 N–H and O–H groups in total. The second kappa shape index (κ2) is 11.3. The fourth-order valence-electron chi connectivity index (χ4n) is 7.95. The van der Waals surface area contributed by atoms with Gasteiger partial charge in [0.1, 0.15) is 34.0 Å².